The Hall–Kier alpha value is -2.63. The number of sulfone groups is 1. The average Bonchev–Trinajstić information content (AvgIpc) is 2.67. The molecule has 0 N–H and O–H groups in total. The van der Waals surface area contributed by atoms with E-state index in [1.54, 1.807) is 0 Å². The first-order chi connectivity index (χ1) is 14.4. The number of carbonyl (C=O) groups excluding carboxylic acids is 1. The quantitative estimate of drug-likeness (QED) is 0.556. The van der Waals surface area contributed by atoms with Crippen LogP contribution in [-0.2, 0) is 33.5 Å². The fraction of sp³-hybridized carbons (Fsp3) is 0.350. The maximum absolute atomic E-state index is 13.5. The largest absolute Gasteiger partial charge is 0.419 e. The lowest BCUT2D eigenvalue weighted by Crippen LogP contribution is -2.48. The molecular weight excluding hydrogens is 467 g/mol. The molecule has 0 saturated heterocycles. The van der Waals surface area contributed by atoms with Crippen molar-refractivity contribution in [1.29, 1.82) is 0 Å². The molecule has 0 bridgehead atoms. The maximum atomic E-state index is 13.5. The smallest absolute Gasteiger partial charge is 0.340 e. The Morgan fingerprint density at radius 2 is 1.53 bits per heavy atom. The Morgan fingerprint density at radius 3 is 2.06 bits per heavy atom. The van der Waals surface area contributed by atoms with E-state index in [1.807, 2.05) is 0 Å². The van der Waals surface area contributed by atoms with Gasteiger partial charge in [0.2, 0.25) is 5.91 Å². The van der Waals surface area contributed by atoms with E-state index in [-0.39, 0.29) is 5.56 Å². The van der Waals surface area contributed by atoms with Gasteiger partial charge in [0.05, 0.1) is 16.0 Å². The lowest BCUT2D eigenvalue weighted by atomic mass is 10.1. The SMILES string of the molecule is CN(Cc1ccc(F)c(C(F)(F)F)c1)C(=O)C(C)(C)S(=O)(=O)c1cccc(C(F)(F)F)c1. The Morgan fingerprint density at radius 1 is 0.938 bits per heavy atom. The van der Waals surface area contributed by atoms with Gasteiger partial charge in [0.1, 0.15) is 10.6 Å². The molecule has 0 heterocycles. The minimum absolute atomic E-state index is 0.123. The molecule has 4 nitrogen and oxygen atoms in total. The molecule has 0 aliphatic heterocycles. The number of carbonyl (C=O) groups is 1. The first kappa shape index (κ1) is 25.6. The van der Waals surface area contributed by atoms with Crippen LogP contribution in [-0.4, -0.2) is 31.0 Å². The predicted molar refractivity (Wildman–Crippen MR) is 101 cm³/mol. The van der Waals surface area contributed by atoms with Gasteiger partial charge in [0.25, 0.3) is 0 Å². The number of nitrogens with zero attached hydrogens (tertiary/aromatic N) is 1. The molecule has 2 aromatic carbocycles. The monoisotopic (exact) mass is 485 g/mol. The number of alkyl halides is 6. The molecule has 0 saturated carbocycles. The maximum Gasteiger partial charge on any atom is 0.419 e. The van der Waals surface area contributed by atoms with Gasteiger partial charge in [-0.3, -0.25) is 4.79 Å². The van der Waals surface area contributed by atoms with Gasteiger partial charge in [0, 0.05) is 13.6 Å². The summed E-state index contributed by atoms with van der Waals surface area (Å²) in [6.07, 6.45) is -9.79. The summed E-state index contributed by atoms with van der Waals surface area (Å²) in [4.78, 5) is 12.9. The highest BCUT2D eigenvalue weighted by molar-refractivity contribution is 7.93. The molecule has 0 aliphatic rings. The van der Waals surface area contributed by atoms with E-state index in [4.69, 9.17) is 0 Å². The highest BCUT2D eigenvalue weighted by Crippen LogP contribution is 2.35. The van der Waals surface area contributed by atoms with Crippen LogP contribution in [0.2, 0.25) is 0 Å². The molecule has 176 valence electrons. The van der Waals surface area contributed by atoms with Gasteiger partial charge in [0.15, 0.2) is 9.84 Å². The van der Waals surface area contributed by atoms with Crippen molar-refractivity contribution >= 4 is 15.7 Å². The lowest BCUT2D eigenvalue weighted by Gasteiger charge is -2.29. The van der Waals surface area contributed by atoms with E-state index >= 15 is 0 Å². The second kappa shape index (κ2) is 8.38. The zero-order chi connectivity index (χ0) is 24.7. The van der Waals surface area contributed by atoms with E-state index in [1.165, 1.54) is 0 Å². The van der Waals surface area contributed by atoms with Crippen LogP contribution in [0.15, 0.2) is 47.4 Å². The van der Waals surface area contributed by atoms with Gasteiger partial charge >= 0.3 is 12.4 Å². The summed E-state index contributed by atoms with van der Waals surface area (Å²) in [6, 6.07) is 4.94. The van der Waals surface area contributed by atoms with Crippen LogP contribution in [0.5, 0.6) is 0 Å². The third-order valence-corrected chi connectivity index (χ3v) is 7.15. The minimum Gasteiger partial charge on any atom is -0.340 e. The standard InChI is InChI=1S/C20H18F7NO3S/c1-18(2,32(30,31)14-6-4-5-13(10-14)19(22,23)24)17(29)28(3)11-12-7-8-16(21)15(9-12)20(25,26)27/h4-10H,11H2,1-3H3. The molecule has 0 aliphatic carbocycles. The number of halogens is 7. The average molecular weight is 485 g/mol. The Labute approximate surface area is 179 Å². The molecular formula is C20H18F7NO3S. The third-order valence-electron chi connectivity index (χ3n) is 4.76. The summed E-state index contributed by atoms with van der Waals surface area (Å²) < 4.78 is 115. The molecule has 0 spiro atoms. The topological polar surface area (TPSA) is 54.5 Å². The molecule has 12 heteroatoms. The van der Waals surface area contributed by atoms with Gasteiger partial charge in [-0.1, -0.05) is 12.1 Å². The second-order valence-electron chi connectivity index (χ2n) is 7.51. The van der Waals surface area contributed by atoms with E-state index in [0.29, 0.717) is 24.3 Å². The molecule has 0 radical (unpaired) electrons. The van der Waals surface area contributed by atoms with Crippen molar-refractivity contribution in [3.63, 3.8) is 0 Å². The van der Waals surface area contributed by atoms with E-state index in [0.717, 1.165) is 44.0 Å². The number of hydrogen-bond acceptors (Lipinski definition) is 3. The van der Waals surface area contributed by atoms with Crippen molar-refractivity contribution in [2.45, 2.75) is 42.4 Å². The van der Waals surface area contributed by atoms with Crippen LogP contribution in [0.1, 0.15) is 30.5 Å². The molecule has 0 unspecified atom stereocenters. The number of hydrogen-bond donors (Lipinski definition) is 0. The Kier molecular flexibility index (Phi) is 6.71. The van der Waals surface area contributed by atoms with Gasteiger partial charge in [-0.2, -0.15) is 26.3 Å². The fourth-order valence-electron chi connectivity index (χ4n) is 2.94. The summed E-state index contributed by atoms with van der Waals surface area (Å²) in [5.74, 6) is -2.59. The van der Waals surface area contributed by atoms with Gasteiger partial charge in [-0.15, -0.1) is 0 Å². The number of amides is 1. The van der Waals surface area contributed by atoms with Crippen molar-refractivity contribution in [2.75, 3.05) is 7.05 Å². The van der Waals surface area contributed by atoms with E-state index in [2.05, 4.69) is 0 Å². The Balaban J connectivity index is 2.36. The molecule has 32 heavy (non-hydrogen) atoms. The molecule has 0 aromatic heterocycles. The summed E-state index contributed by atoms with van der Waals surface area (Å²) in [7, 11) is -3.51. The predicted octanol–water partition coefficient (Wildman–Crippen LogP) is 5.07. The first-order valence-corrected chi connectivity index (χ1v) is 10.4. The highest BCUT2D eigenvalue weighted by Gasteiger charge is 2.45. The highest BCUT2D eigenvalue weighted by atomic mass is 32.2. The van der Waals surface area contributed by atoms with Crippen molar-refractivity contribution in [3.8, 4) is 0 Å². The summed E-state index contributed by atoms with van der Waals surface area (Å²) in [5.41, 5.74) is -2.89. The first-order valence-electron chi connectivity index (χ1n) is 8.92. The Bertz CT molecular complexity index is 1120. The van der Waals surface area contributed by atoms with Gasteiger partial charge in [-0.05, 0) is 49.7 Å². The van der Waals surface area contributed by atoms with Crippen molar-refractivity contribution in [1.82, 2.24) is 4.90 Å². The van der Waals surface area contributed by atoms with Crippen LogP contribution < -0.4 is 0 Å². The molecule has 0 fully saturated rings. The van der Waals surface area contributed by atoms with Crippen molar-refractivity contribution < 1.29 is 43.9 Å². The van der Waals surface area contributed by atoms with E-state index in [9.17, 15) is 43.9 Å². The normalized spacial score (nSPS) is 13.2. The third kappa shape index (κ3) is 5.05. The zero-order valence-electron chi connectivity index (χ0n) is 17.0. The lowest BCUT2D eigenvalue weighted by molar-refractivity contribution is -0.140. The summed E-state index contributed by atoms with van der Waals surface area (Å²) in [6.45, 7) is 1.46. The van der Waals surface area contributed by atoms with Crippen LogP contribution in [0.4, 0.5) is 30.7 Å². The van der Waals surface area contributed by atoms with Crippen LogP contribution in [0.25, 0.3) is 0 Å². The van der Waals surface area contributed by atoms with Crippen molar-refractivity contribution in [2.24, 2.45) is 0 Å². The second-order valence-corrected chi connectivity index (χ2v) is 10.0. The molecule has 0 atom stereocenters. The van der Waals surface area contributed by atoms with Crippen LogP contribution >= 0.6 is 0 Å². The van der Waals surface area contributed by atoms with Crippen molar-refractivity contribution in [3.05, 3.63) is 65.0 Å². The molecule has 2 rings (SSSR count). The molecule has 1 amide bonds. The number of benzene rings is 2. The van der Waals surface area contributed by atoms with E-state index < -0.39 is 61.2 Å². The van der Waals surface area contributed by atoms with Crippen LogP contribution in [0.3, 0.4) is 0 Å². The summed E-state index contributed by atoms with van der Waals surface area (Å²) >= 11 is 0. The van der Waals surface area contributed by atoms with Crippen LogP contribution in [0, 0.1) is 5.82 Å². The summed E-state index contributed by atoms with van der Waals surface area (Å²) in [5, 5.41) is 0. The number of rotatable bonds is 5. The minimum atomic E-state index is -4.98. The fourth-order valence-corrected chi connectivity index (χ4v) is 4.46. The van der Waals surface area contributed by atoms with Gasteiger partial charge in [-0.25, -0.2) is 12.8 Å². The van der Waals surface area contributed by atoms with Gasteiger partial charge < -0.3 is 4.90 Å². The zero-order valence-corrected chi connectivity index (χ0v) is 17.8. The molecule has 2 aromatic rings.